The predicted molar refractivity (Wildman–Crippen MR) is 128 cm³/mol. The Labute approximate surface area is 205 Å². The van der Waals surface area contributed by atoms with Gasteiger partial charge in [-0.2, -0.15) is 0 Å². The van der Waals surface area contributed by atoms with Gasteiger partial charge in [0.15, 0.2) is 5.79 Å². The number of rotatable bonds is 8. The van der Waals surface area contributed by atoms with Gasteiger partial charge in [0.2, 0.25) is 0 Å². The number of imidazole rings is 1. The monoisotopic (exact) mass is 516 g/mol. The van der Waals surface area contributed by atoms with Crippen molar-refractivity contribution in [3.8, 4) is 0 Å². The van der Waals surface area contributed by atoms with Crippen molar-refractivity contribution in [1.29, 1.82) is 0 Å². The van der Waals surface area contributed by atoms with Crippen molar-refractivity contribution in [3.63, 3.8) is 0 Å². The maximum Gasteiger partial charge on any atom is 0.187 e. The second kappa shape index (κ2) is 10.3. The zero-order valence-corrected chi connectivity index (χ0v) is 20.3. The van der Waals surface area contributed by atoms with Crippen LogP contribution in [0.25, 0.3) is 0 Å². The number of ether oxygens (including phenoxy) is 2. The molecule has 1 aromatic heterocycles. The van der Waals surface area contributed by atoms with E-state index in [4.69, 9.17) is 55.9 Å². The fraction of sp³-hybridized carbons (Fsp3) is 0.318. The molecular formula is C22H20Cl4N2O2S. The number of halogens is 4. The van der Waals surface area contributed by atoms with Crippen LogP contribution in [0.3, 0.4) is 0 Å². The first-order valence-electron chi connectivity index (χ1n) is 9.72. The van der Waals surface area contributed by atoms with Crippen LogP contribution in [-0.2, 0) is 22.4 Å². The van der Waals surface area contributed by atoms with Crippen molar-refractivity contribution >= 4 is 58.2 Å². The van der Waals surface area contributed by atoms with Crippen LogP contribution < -0.4 is 0 Å². The Morgan fingerprint density at radius 1 is 1.06 bits per heavy atom. The average Bonchev–Trinajstić information content (AvgIpc) is 3.37. The molecule has 1 fully saturated rings. The second-order valence-corrected chi connectivity index (χ2v) is 10.1. The number of benzene rings is 2. The highest BCUT2D eigenvalue weighted by Gasteiger charge is 2.41. The Balaban J connectivity index is 1.43. The van der Waals surface area contributed by atoms with Gasteiger partial charge in [-0.05, 0) is 36.2 Å². The average molecular weight is 518 g/mol. The largest absolute Gasteiger partial charge is 0.345 e. The van der Waals surface area contributed by atoms with Gasteiger partial charge in [-0.25, -0.2) is 4.98 Å². The third-order valence-electron chi connectivity index (χ3n) is 4.98. The van der Waals surface area contributed by atoms with Crippen LogP contribution >= 0.6 is 58.2 Å². The van der Waals surface area contributed by atoms with Crippen LogP contribution in [0, 0.1) is 0 Å². The zero-order chi connectivity index (χ0) is 21.8. The number of nitrogens with zero attached hydrogens (tertiary/aromatic N) is 2. The second-order valence-electron chi connectivity index (χ2n) is 7.33. The molecule has 3 aromatic rings. The maximum absolute atomic E-state index is 6.46. The minimum Gasteiger partial charge on any atom is -0.345 e. The topological polar surface area (TPSA) is 36.3 Å². The molecule has 4 rings (SSSR count). The first-order chi connectivity index (χ1) is 14.9. The standard InChI is InChI=1S/C22H20Cl4N2O2S/c23-16-3-1-15(2-4-16)5-6-22(13-28-8-7-27-14-28)29-11-18(30-22)12-31-21-19(25)9-17(24)10-20(21)26/h1-4,7-10,14,18H,5-6,11-13H2. The highest BCUT2D eigenvalue weighted by atomic mass is 35.5. The molecule has 2 unspecified atom stereocenters. The van der Waals surface area contributed by atoms with Crippen molar-refractivity contribution in [2.45, 2.75) is 36.2 Å². The van der Waals surface area contributed by atoms with E-state index >= 15 is 0 Å². The van der Waals surface area contributed by atoms with E-state index in [0.29, 0.717) is 40.4 Å². The number of hydrogen-bond donors (Lipinski definition) is 0. The fourth-order valence-electron chi connectivity index (χ4n) is 3.48. The SMILES string of the molecule is Clc1ccc(CCC2(Cn3ccnc3)OCC(CSc3c(Cl)cc(Cl)cc3Cl)O2)cc1. The minimum absolute atomic E-state index is 0.0958. The van der Waals surface area contributed by atoms with Gasteiger partial charge in [-0.3, -0.25) is 0 Å². The van der Waals surface area contributed by atoms with Crippen molar-refractivity contribution in [3.05, 3.63) is 80.8 Å². The third kappa shape index (κ3) is 6.11. The Kier molecular flexibility index (Phi) is 7.76. The first-order valence-corrected chi connectivity index (χ1v) is 12.2. The summed E-state index contributed by atoms with van der Waals surface area (Å²) in [4.78, 5) is 4.93. The summed E-state index contributed by atoms with van der Waals surface area (Å²) in [5, 5.41) is 2.31. The van der Waals surface area contributed by atoms with Gasteiger partial charge in [0.25, 0.3) is 0 Å². The molecule has 0 radical (unpaired) electrons. The molecule has 0 spiro atoms. The van der Waals surface area contributed by atoms with Gasteiger partial charge in [0.1, 0.15) is 0 Å². The molecule has 0 bridgehead atoms. The lowest BCUT2D eigenvalue weighted by Crippen LogP contribution is -2.37. The summed E-state index contributed by atoms with van der Waals surface area (Å²) in [5.41, 5.74) is 1.18. The number of thioether (sulfide) groups is 1. The van der Waals surface area contributed by atoms with E-state index in [1.54, 1.807) is 36.4 Å². The quantitative estimate of drug-likeness (QED) is 0.300. The van der Waals surface area contributed by atoms with Gasteiger partial charge in [-0.1, -0.05) is 58.5 Å². The zero-order valence-electron chi connectivity index (χ0n) is 16.4. The summed E-state index contributed by atoms with van der Waals surface area (Å²) >= 11 is 26.2. The first kappa shape index (κ1) is 23.2. The summed E-state index contributed by atoms with van der Waals surface area (Å²) < 4.78 is 14.7. The lowest BCUT2D eigenvalue weighted by molar-refractivity contribution is -0.180. The predicted octanol–water partition coefficient (Wildman–Crippen LogP) is 7.03. The van der Waals surface area contributed by atoms with Gasteiger partial charge in [-0.15, -0.1) is 11.8 Å². The molecule has 9 heteroatoms. The van der Waals surface area contributed by atoms with Gasteiger partial charge >= 0.3 is 0 Å². The van der Waals surface area contributed by atoms with Crippen molar-refractivity contribution in [2.75, 3.05) is 12.4 Å². The van der Waals surface area contributed by atoms with Crippen LogP contribution in [0.4, 0.5) is 0 Å². The van der Waals surface area contributed by atoms with Crippen LogP contribution in [0.2, 0.25) is 20.1 Å². The minimum atomic E-state index is -0.737. The number of hydrogen-bond acceptors (Lipinski definition) is 4. The van der Waals surface area contributed by atoms with E-state index in [9.17, 15) is 0 Å². The summed E-state index contributed by atoms with van der Waals surface area (Å²) in [6, 6.07) is 11.2. The molecule has 1 aliphatic heterocycles. The molecule has 1 saturated heterocycles. The number of aryl methyl sites for hydroxylation is 1. The van der Waals surface area contributed by atoms with Crippen LogP contribution in [0.1, 0.15) is 12.0 Å². The molecule has 164 valence electrons. The van der Waals surface area contributed by atoms with Crippen molar-refractivity contribution < 1.29 is 9.47 Å². The molecule has 0 aliphatic carbocycles. The van der Waals surface area contributed by atoms with E-state index in [0.717, 1.165) is 16.3 Å². The summed E-state index contributed by atoms with van der Waals surface area (Å²) in [6.07, 6.45) is 6.84. The highest BCUT2D eigenvalue weighted by Crippen LogP contribution is 2.39. The van der Waals surface area contributed by atoms with Gasteiger partial charge < -0.3 is 14.0 Å². The molecule has 1 aliphatic rings. The van der Waals surface area contributed by atoms with E-state index < -0.39 is 5.79 Å². The Hall–Kier alpha value is -0.920. The third-order valence-corrected chi connectivity index (χ3v) is 7.54. The summed E-state index contributed by atoms with van der Waals surface area (Å²) in [6.45, 7) is 1.05. The Bertz CT molecular complexity index is 994. The van der Waals surface area contributed by atoms with Crippen molar-refractivity contribution in [1.82, 2.24) is 9.55 Å². The molecule has 0 N–H and O–H groups in total. The summed E-state index contributed by atoms with van der Waals surface area (Å²) in [5.74, 6) is -0.0765. The van der Waals surface area contributed by atoms with E-state index in [-0.39, 0.29) is 6.10 Å². The lowest BCUT2D eigenvalue weighted by atomic mass is 10.0. The van der Waals surface area contributed by atoms with E-state index in [1.807, 2.05) is 35.0 Å². The lowest BCUT2D eigenvalue weighted by Gasteiger charge is -2.28. The maximum atomic E-state index is 6.46. The molecule has 2 aromatic carbocycles. The van der Waals surface area contributed by atoms with E-state index in [2.05, 4.69) is 4.98 Å². The van der Waals surface area contributed by atoms with Crippen LogP contribution in [0.15, 0.2) is 60.0 Å². The van der Waals surface area contributed by atoms with Crippen LogP contribution in [0.5, 0.6) is 0 Å². The smallest absolute Gasteiger partial charge is 0.187 e. The molecule has 0 amide bonds. The summed E-state index contributed by atoms with van der Waals surface area (Å²) in [7, 11) is 0. The molecular weight excluding hydrogens is 498 g/mol. The number of aromatic nitrogens is 2. The van der Waals surface area contributed by atoms with E-state index in [1.165, 1.54) is 5.56 Å². The Morgan fingerprint density at radius 2 is 1.81 bits per heavy atom. The highest BCUT2D eigenvalue weighted by molar-refractivity contribution is 7.99. The van der Waals surface area contributed by atoms with Crippen LogP contribution in [-0.4, -0.2) is 33.8 Å². The fourth-order valence-corrected chi connectivity index (χ4v) is 5.66. The van der Waals surface area contributed by atoms with Gasteiger partial charge in [0.05, 0.1) is 35.6 Å². The van der Waals surface area contributed by atoms with Crippen molar-refractivity contribution in [2.24, 2.45) is 0 Å². The molecule has 0 saturated carbocycles. The molecule has 2 atom stereocenters. The Morgan fingerprint density at radius 3 is 2.48 bits per heavy atom. The normalized spacial score (nSPS) is 21.0. The van der Waals surface area contributed by atoms with Gasteiger partial charge in [0, 0.05) is 39.5 Å². The molecule has 2 heterocycles. The molecule has 31 heavy (non-hydrogen) atoms. The molecule has 4 nitrogen and oxygen atoms in total.